The number of nitriles is 1. The molecule has 0 spiro atoms. The summed E-state index contributed by atoms with van der Waals surface area (Å²) in [6, 6.07) is 20.4. The molecule has 2 heterocycles. The number of aromatic nitrogens is 2. The van der Waals surface area contributed by atoms with Crippen molar-refractivity contribution in [1.29, 1.82) is 5.26 Å². The van der Waals surface area contributed by atoms with Crippen LogP contribution in [0.4, 0.5) is 0 Å². The van der Waals surface area contributed by atoms with E-state index in [1.807, 2.05) is 49.4 Å². The van der Waals surface area contributed by atoms with Crippen molar-refractivity contribution in [2.24, 2.45) is 0 Å². The maximum Gasteiger partial charge on any atom is 0.262 e. The largest absolute Gasteiger partial charge is 0.492 e. The highest BCUT2D eigenvalue weighted by atomic mass is 35.5. The highest BCUT2D eigenvalue weighted by Gasteiger charge is 2.16. The normalized spacial score (nSPS) is 11.1. The monoisotopic (exact) mass is 472 g/mol. The molecule has 2 aromatic carbocycles. The molecule has 0 saturated heterocycles. The minimum absolute atomic E-state index is 0.0579. The topological polar surface area (TPSA) is 93.1 Å². The van der Waals surface area contributed by atoms with Gasteiger partial charge in [0.25, 0.3) is 5.91 Å². The second-order valence-corrected chi connectivity index (χ2v) is 7.63. The molecule has 4 aromatic rings. The van der Waals surface area contributed by atoms with Crippen molar-refractivity contribution in [2.75, 3.05) is 6.61 Å². The third-order valence-electron chi connectivity index (χ3n) is 4.94. The lowest BCUT2D eigenvalue weighted by Crippen LogP contribution is -2.23. The number of carbonyl (C=O) groups is 1. The molecule has 34 heavy (non-hydrogen) atoms. The molecule has 1 N–H and O–H groups in total. The van der Waals surface area contributed by atoms with Gasteiger partial charge in [-0.3, -0.25) is 4.79 Å². The predicted octanol–water partition coefficient (Wildman–Crippen LogP) is 5.41. The van der Waals surface area contributed by atoms with Gasteiger partial charge in [-0.15, -0.1) is 0 Å². The van der Waals surface area contributed by atoms with Crippen LogP contribution >= 0.6 is 11.6 Å². The highest BCUT2D eigenvalue weighted by molar-refractivity contribution is 6.32. The van der Waals surface area contributed by atoms with Crippen molar-refractivity contribution in [3.8, 4) is 28.8 Å². The smallest absolute Gasteiger partial charge is 0.262 e. The van der Waals surface area contributed by atoms with Crippen LogP contribution in [-0.2, 0) is 11.3 Å². The van der Waals surface area contributed by atoms with Crippen molar-refractivity contribution in [3.05, 3.63) is 95.0 Å². The fraction of sp³-hybridized carbons (Fsp3) is 0.115. The summed E-state index contributed by atoms with van der Waals surface area (Å²) in [5.41, 5.74) is 2.66. The van der Waals surface area contributed by atoms with Crippen molar-refractivity contribution >= 4 is 23.6 Å². The molecule has 0 unspecified atom stereocenters. The lowest BCUT2D eigenvalue weighted by atomic mass is 10.1. The zero-order chi connectivity index (χ0) is 23.9. The van der Waals surface area contributed by atoms with Crippen molar-refractivity contribution in [3.63, 3.8) is 0 Å². The van der Waals surface area contributed by atoms with E-state index in [0.717, 1.165) is 11.3 Å². The molecule has 0 radical (unpaired) electrons. The second kappa shape index (κ2) is 10.6. The van der Waals surface area contributed by atoms with Gasteiger partial charge in [0.1, 0.15) is 28.8 Å². The van der Waals surface area contributed by atoms with Gasteiger partial charge < -0.3 is 14.5 Å². The van der Waals surface area contributed by atoms with Gasteiger partial charge in [-0.2, -0.15) is 10.4 Å². The summed E-state index contributed by atoms with van der Waals surface area (Å²) in [5, 5.41) is 17.5. The molecule has 0 saturated carbocycles. The van der Waals surface area contributed by atoms with E-state index in [1.54, 1.807) is 35.1 Å². The third-order valence-corrected chi connectivity index (χ3v) is 5.23. The number of rotatable bonds is 8. The number of amides is 1. The van der Waals surface area contributed by atoms with E-state index in [9.17, 15) is 10.1 Å². The summed E-state index contributed by atoms with van der Waals surface area (Å²) in [7, 11) is 0. The summed E-state index contributed by atoms with van der Waals surface area (Å²) in [6.45, 7) is 2.55. The number of hydrogen-bond donors (Lipinski definition) is 1. The van der Waals surface area contributed by atoms with Crippen molar-refractivity contribution in [1.82, 2.24) is 15.1 Å². The summed E-state index contributed by atoms with van der Waals surface area (Å²) in [5.74, 6) is 0.650. The quantitative estimate of drug-likeness (QED) is 0.273. The van der Waals surface area contributed by atoms with Gasteiger partial charge in [-0.1, -0.05) is 29.8 Å². The van der Waals surface area contributed by atoms with Gasteiger partial charge in [-0.05, 0) is 55.5 Å². The van der Waals surface area contributed by atoms with Gasteiger partial charge in [-0.25, -0.2) is 4.68 Å². The number of hydrogen-bond acceptors (Lipinski definition) is 5. The molecule has 0 aliphatic rings. The molecule has 0 atom stereocenters. The van der Waals surface area contributed by atoms with Crippen LogP contribution in [0, 0.1) is 11.3 Å². The number of furan rings is 1. The molecule has 4 rings (SSSR count). The van der Waals surface area contributed by atoms with Crippen LogP contribution in [0.3, 0.4) is 0 Å². The molecular weight excluding hydrogens is 452 g/mol. The van der Waals surface area contributed by atoms with Crippen LogP contribution in [0.2, 0.25) is 5.02 Å². The number of halogens is 1. The molecular formula is C26H21ClN4O3. The standard InChI is InChI=1S/C26H21ClN4O3/c1-2-33-24-11-10-18(14-23(24)27)25-20(17-31(30-25)21-7-4-3-5-8-21)13-19(15-28)26(32)29-16-22-9-6-12-34-22/h3-14,17H,2,16H2,1H3,(H,29,32)/b19-13-. The Hall–Kier alpha value is -4.28. The Balaban J connectivity index is 1.72. The first-order valence-corrected chi connectivity index (χ1v) is 11.0. The lowest BCUT2D eigenvalue weighted by molar-refractivity contribution is -0.117. The van der Waals surface area contributed by atoms with Gasteiger partial charge >= 0.3 is 0 Å². The third kappa shape index (κ3) is 5.20. The molecule has 2 aromatic heterocycles. The number of benzene rings is 2. The molecule has 0 bridgehead atoms. The van der Waals surface area contributed by atoms with E-state index in [1.165, 1.54) is 12.3 Å². The number of ether oxygens (including phenoxy) is 1. The molecule has 0 aliphatic carbocycles. The first-order valence-electron chi connectivity index (χ1n) is 10.6. The van der Waals surface area contributed by atoms with Gasteiger partial charge in [0.2, 0.25) is 0 Å². The molecule has 0 fully saturated rings. The Bertz CT molecular complexity index is 1350. The zero-order valence-electron chi connectivity index (χ0n) is 18.4. The molecule has 8 heteroatoms. The van der Waals surface area contributed by atoms with E-state index in [2.05, 4.69) is 5.32 Å². The summed E-state index contributed by atoms with van der Waals surface area (Å²) in [4.78, 5) is 12.7. The lowest BCUT2D eigenvalue weighted by Gasteiger charge is -2.07. The van der Waals surface area contributed by atoms with Crippen LogP contribution in [0.25, 0.3) is 23.0 Å². The van der Waals surface area contributed by atoms with E-state index in [-0.39, 0.29) is 12.1 Å². The fourth-order valence-electron chi connectivity index (χ4n) is 3.33. The Morgan fingerprint density at radius 2 is 2.06 bits per heavy atom. The van der Waals surface area contributed by atoms with Gasteiger partial charge in [0.05, 0.1) is 30.1 Å². The maximum atomic E-state index is 12.7. The minimum Gasteiger partial charge on any atom is -0.492 e. The summed E-state index contributed by atoms with van der Waals surface area (Å²) < 4.78 is 12.5. The highest BCUT2D eigenvalue weighted by Crippen LogP contribution is 2.32. The molecule has 170 valence electrons. The Labute approximate surface area is 201 Å². The van der Waals surface area contributed by atoms with Crippen LogP contribution in [0.15, 0.2) is 83.1 Å². The Morgan fingerprint density at radius 1 is 1.24 bits per heavy atom. The summed E-state index contributed by atoms with van der Waals surface area (Å²) in [6.07, 6.45) is 4.81. The van der Waals surface area contributed by atoms with E-state index < -0.39 is 5.91 Å². The number of para-hydroxylation sites is 1. The Kier molecular flexibility index (Phi) is 7.11. The maximum absolute atomic E-state index is 12.7. The molecule has 7 nitrogen and oxygen atoms in total. The predicted molar refractivity (Wildman–Crippen MR) is 129 cm³/mol. The first-order chi connectivity index (χ1) is 16.6. The van der Waals surface area contributed by atoms with E-state index in [4.69, 9.17) is 25.9 Å². The molecule has 0 aliphatic heterocycles. The first kappa shape index (κ1) is 22.9. The van der Waals surface area contributed by atoms with E-state index in [0.29, 0.717) is 34.4 Å². The Morgan fingerprint density at radius 3 is 2.74 bits per heavy atom. The van der Waals surface area contributed by atoms with Crippen LogP contribution in [0.5, 0.6) is 5.75 Å². The average molecular weight is 473 g/mol. The number of carbonyl (C=O) groups excluding carboxylic acids is 1. The van der Waals surface area contributed by atoms with Crippen LogP contribution in [0.1, 0.15) is 18.2 Å². The van der Waals surface area contributed by atoms with Crippen molar-refractivity contribution in [2.45, 2.75) is 13.5 Å². The van der Waals surface area contributed by atoms with Crippen molar-refractivity contribution < 1.29 is 13.9 Å². The van der Waals surface area contributed by atoms with Gasteiger partial charge in [0, 0.05) is 17.3 Å². The molecule has 1 amide bonds. The fourth-order valence-corrected chi connectivity index (χ4v) is 3.57. The average Bonchev–Trinajstić information content (AvgIpc) is 3.53. The minimum atomic E-state index is -0.512. The van der Waals surface area contributed by atoms with E-state index >= 15 is 0 Å². The van der Waals surface area contributed by atoms with Crippen LogP contribution < -0.4 is 10.1 Å². The van der Waals surface area contributed by atoms with Crippen LogP contribution in [-0.4, -0.2) is 22.3 Å². The number of nitrogens with one attached hydrogen (secondary N) is 1. The number of nitrogens with zero attached hydrogens (tertiary/aromatic N) is 3. The zero-order valence-corrected chi connectivity index (χ0v) is 19.1. The second-order valence-electron chi connectivity index (χ2n) is 7.22. The SMILES string of the molecule is CCOc1ccc(-c2nn(-c3ccccc3)cc2/C=C(/C#N)C(=O)NCc2ccco2)cc1Cl. The van der Waals surface area contributed by atoms with Gasteiger partial charge in [0.15, 0.2) is 0 Å². The summed E-state index contributed by atoms with van der Waals surface area (Å²) >= 11 is 6.41.